The average molecular weight is 309 g/mol. The van der Waals surface area contributed by atoms with E-state index < -0.39 is 5.91 Å². The first-order chi connectivity index (χ1) is 11.1. The lowest BCUT2D eigenvalue weighted by Gasteiger charge is -2.32. The number of hydrogen-bond acceptors (Lipinski definition) is 3. The van der Waals surface area contributed by atoms with E-state index in [9.17, 15) is 9.59 Å². The molecule has 1 fully saturated rings. The van der Waals surface area contributed by atoms with E-state index in [4.69, 9.17) is 5.73 Å². The molecule has 2 heterocycles. The molecule has 1 saturated heterocycles. The van der Waals surface area contributed by atoms with E-state index >= 15 is 0 Å². The quantitative estimate of drug-likeness (QED) is 0.944. The molecule has 2 amide bonds. The van der Waals surface area contributed by atoms with Crippen LogP contribution in [-0.2, 0) is 0 Å². The maximum Gasteiger partial charge on any atom is 0.253 e. The minimum absolute atomic E-state index is 0.0124. The Morgan fingerprint density at radius 3 is 2.48 bits per heavy atom. The Kier molecular flexibility index (Phi) is 4.37. The number of piperidine rings is 1. The smallest absolute Gasteiger partial charge is 0.253 e. The molecule has 0 spiro atoms. The molecule has 0 bridgehead atoms. The zero-order chi connectivity index (χ0) is 16.2. The van der Waals surface area contributed by atoms with Crippen LogP contribution < -0.4 is 5.73 Å². The number of nitrogens with two attached hydrogens (primary N) is 1. The molecule has 118 valence electrons. The molecule has 1 aromatic carbocycles. The summed E-state index contributed by atoms with van der Waals surface area (Å²) in [5, 5.41) is 0. The van der Waals surface area contributed by atoms with Crippen LogP contribution in [0.25, 0.3) is 0 Å². The predicted molar refractivity (Wildman–Crippen MR) is 87.1 cm³/mol. The number of rotatable bonds is 3. The summed E-state index contributed by atoms with van der Waals surface area (Å²) in [6, 6.07) is 12.4. The highest BCUT2D eigenvalue weighted by molar-refractivity contribution is 5.97. The van der Waals surface area contributed by atoms with Crippen LogP contribution in [0.4, 0.5) is 0 Å². The number of aromatic nitrogens is 1. The molecule has 0 radical (unpaired) electrons. The molecule has 1 atom stereocenters. The van der Waals surface area contributed by atoms with Crippen LogP contribution in [0, 0.1) is 0 Å². The summed E-state index contributed by atoms with van der Waals surface area (Å²) in [6.45, 7) is 1.42. The van der Waals surface area contributed by atoms with Crippen LogP contribution in [0.3, 0.4) is 0 Å². The van der Waals surface area contributed by atoms with E-state index in [2.05, 4.69) is 4.98 Å². The number of nitrogens with zero attached hydrogens (tertiary/aromatic N) is 2. The van der Waals surface area contributed by atoms with Crippen molar-refractivity contribution in [2.24, 2.45) is 5.73 Å². The van der Waals surface area contributed by atoms with Gasteiger partial charge >= 0.3 is 0 Å². The van der Waals surface area contributed by atoms with Crippen molar-refractivity contribution in [3.8, 4) is 0 Å². The second-order valence-electron chi connectivity index (χ2n) is 5.79. The van der Waals surface area contributed by atoms with Crippen molar-refractivity contribution in [3.63, 3.8) is 0 Å². The van der Waals surface area contributed by atoms with Gasteiger partial charge in [-0.3, -0.25) is 14.6 Å². The maximum absolute atomic E-state index is 12.6. The van der Waals surface area contributed by atoms with Gasteiger partial charge in [-0.05, 0) is 49.2 Å². The van der Waals surface area contributed by atoms with Gasteiger partial charge in [0.15, 0.2) is 0 Å². The number of carbonyl (C=O) groups is 2. The van der Waals surface area contributed by atoms with Crippen LogP contribution >= 0.6 is 0 Å². The molecule has 5 nitrogen and oxygen atoms in total. The van der Waals surface area contributed by atoms with Gasteiger partial charge < -0.3 is 10.6 Å². The Labute approximate surface area is 135 Å². The highest BCUT2D eigenvalue weighted by atomic mass is 16.2. The van der Waals surface area contributed by atoms with Crippen LogP contribution in [0.5, 0.6) is 0 Å². The molecule has 23 heavy (non-hydrogen) atoms. The molecule has 0 aliphatic carbocycles. The number of hydrogen-bond donors (Lipinski definition) is 1. The minimum Gasteiger partial charge on any atom is -0.366 e. The standard InChI is InChI=1S/C18H19N3O2/c19-17(22)13-6-8-14(9-7-13)18(23)21-11-3-4-15(12-21)16-5-1-2-10-20-16/h1-2,5-10,15H,3-4,11-12H2,(H2,19,22)/t15-/m1/s1. The lowest BCUT2D eigenvalue weighted by atomic mass is 9.94. The van der Waals surface area contributed by atoms with Crippen LogP contribution in [0.2, 0.25) is 0 Å². The molecule has 1 aliphatic rings. The summed E-state index contributed by atoms with van der Waals surface area (Å²) in [5.74, 6) is -0.224. The highest BCUT2D eigenvalue weighted by Gasteiger charge is 2.26. The average Bonchev–Trinajstić information content (AvgIpc) is 2.62. The molecule has 2 aromatic rings. The van der Waals surface area contributed by atoms with Gasteiger partial charge in [0.2, 0.25) is 5.91 Å². The first-order valence-electron chi connectivity index (χ1n) is 7.75. The number of likely N-dealkylation sites (tertiary alicyclic amines) is 1. The van der Waals surface area contributed by atoms with Gasteiger partial charge in [0.1, 0.15) is 0 Å². The van der Waals surface area contributed by atoms with Gasteiger partial charge in [0, 0.05) is 42.0 Å². The van der Waals surface area contributed by atoms with Crippen LogP contribution in [0.15, 0.2) is 48.7 Å². The molecule has 5 heteroatoms. The first kappa shape index (κ1) is 15.2. The Balaban J connectivity index is 1.73. The maximum atomic E-state index is 12.6. The second-order valence-corrected chi connectivity index (χ2v) is 5.79. The number of primary amides is 1. The van der Waals surface area contributed by atoms with Gasteiger partial charge in [0.25, 0.3) is 5.91 Å². The monoisotopic (exact) mass is 309 g/mol. The molecular weight excluding hydrogens is 290 g/mol. The molecule has 2 N–H and O–H groups in total. The van der Waals surface area contributed by atoms with E-state index in [0.717, 1.165) is 25.1 Å². The van der Waals surface area contributed by atoms with Crippen molar-refractivity contribution in [1.29, 1.82) is 0 Å². The minimum atomic E-state index is -0.489. The number of amides is 2. The van der Waals surface area contributed by atoms with Gasteiger partial charge in [-0.25, -0.2) is 0 Å². The third kappa shape index (κ3) is 3.39. The zero-order valence-corrected chi connectivity index (χ0v) is 12.8. The van der Waals surface area contributed by atoms with E-state index in [1.54, 1.807) is 30.5 Å². The van der Waals surface area contributed by atoms with Crippen molar-refractivity contribution >= 4 is 11.8 Å². The third-order valence-corrected chi connectivity index (χ3v) is 4.23. The summed E-state index contributed by atoms with van der Waals surface area (Å²) in [4.78, 5) is 30.0. The van der Waals surface area contributed by atoms with Gasteiger partial charge in [0.05, 0.1) is 0 Å². The zero-order valence-electron chi connectivity index (χ0n) is 12.8. The van der Waals surface area contributed by atoms with Crippen molar-refractivity contribution in [1.82, 2.24) is 9.88 Å². The summed E-state index contributed by atoms with van der Waals surface area (Å²) in [7, 11) is 0. The predicted octanol–water partition coefficient (Wildman–Crippen LogP) is 2.20. The van der Waals surface area contributed by atoms with E-state index in [1.165, 1.54) is 0 Å². The number of benzene rings is 1. The summed E-state index contributed by atoms with van der Waals surface area (Å²) >= 11 is 0. The molecular formula is C18H19N3O2. The van der Waals surface area contributed by atoms with E-state index in [1.807, 2.05) is 23.1 Å². The second kappa shape index (κ2) is 6.60. The molecule has 3 rings (SSSR count). The van der Waals surface area contributed by atoms with Crippen LogP contribution in [0.1, 0.15) is 45.2 Å². The molecule has 1 aliphatic heterocycles. The number of pyridine rings is 1. The Bertz CT molecular complexity index is 698. The highest BCUT2D eigenvalue weighted by Crippen LogP contribution is 2.26. The lowest BCUT2D eigenvalue weighted by Crippen LogP contribution is -2.39. The van der Waals surface area contributed by atoms with Gasteiger partial charge in [-0.2, -0.15) is 0 Å². The first-order valence-corrected chi connectivity index (χ1v) is 7.75. The molecule has 0 saturated carbocycles. The fourth-order valence-electron chi connectivity index (χ4n) is 2.98. The van der Waals surface area contributed by atoms with E-state index in [-0.39, 0.29) is 11.8 Å². The van der Waals surface area contributed by atoms with E-state index in [0.29, 0.717) is 17.7 Å². The Morgan fingerprint density at radius 1 is 1.09 bits per heavy atom. The Morgan fingerprint density at radius 2 is 1.83 bits per heavy atom. The van der Waals surface area contributed by atoms with Crippen molar-refractivity contribution in [3.05, 3.63) is 65.5 Å². The van der Waals surface area contributed by atoms with Crippen molar-refractivity contribution < 1.29 is 9.59 Å². The summed E-state index contributed by atoms with van der Waals surface area (Å²) in [6.07, 6.45) is 3.80. The normalized spacial score (nSPS) is 17.7. The van der Waals surface area contributed by atoms with Crippen molar-refractivity contribution in [2.75, 3.05) is 13.1 Å². The molecule has 0 unspecified atom stereocenters. The van der Waals surface area contributed by atoms with Gasteiger partial charge in [-0.1, -0.05) is 6.07 Å². The van der Waals surface area contributed by atoms with Crippen molar-refractivity contribution in [2.45, 2.75) is 18.8 Å². The number of carbonyl (C=O) groups excluding carboxylic acids is 2. The summed E-state index contributed by atoms with van der Waals surface area (Å²) in [5.41, 5.74) is 7.25. The van der Waals surface area contributed by atoms with Gasteiger partial charge in [-0.15, -0.1) is 0 Å². The fraction of sp³-hybridized carbons (Fsp3) is 0.278. The third-order valence-electron chi connectivity index (χ3n) is 4.23. The van der Waals surface area contributed by atoms with Crippen LogP contribution in [-0.4, -0.2) is 34.8 Å². The largest absolute Gasteiger partial charge is 0.366 e. The topological polar surface area (TPSA) is 76.3 Å². The lowest BCUT2D eigenvalue weighted by molar-refractivity contribution is 0.0705. The summed E-state index contributed by atoms with van der Waals surface area (Å²) < 4.78 is 0. The molecule has 1 aromatic heterocycles. The fourth-order valence-corrected chi connectivity index (χ4v) is 2.98. The Hall–Kier alpha value is -2.69. The SMILES string of the molecule is NC(=O)c1ccc(C(=O)N2CCC[C@@H](c3ccccn3)C2)cc1.